The van der Waals surface area contributed by atoms with Crippen LogP contribution in [0.25, 0.3) is 0 Å². The Morgan fingerprint density at radius 3 is 2.77 bits per heavy atom. The maximum absolute atomic E-state index is 14.9. The normalized spacial score (nSPS) is 10.5. The zero-order valence-corrected chi connectivity index (χ0v) is 19.3. The molecule has 0 radical (unpaired) electrons. The number of aromatic nitrogens is 1. The van der Waals surface area contributed by atoms with Gasteiger partial charge >= 0.3 is 0 Å². The molecule has 3 N–H and O–H groups in total. The van der Waals surface area contributed by atoms with E-state index in [4.69, 9.17) is 0 Å². The molecule has 0 bridgehead atoms. The van der Waals surface area contributed by atoms with Gasteiger partial charge in [-0.15, -0.1) is 11.3 Å². The van der Waals surface area contributed by atoms with Gasteiger partial charge in [0.05, 0.1) is 27.9 Å². The Morgan fingerprint density at radius 2 is 2.10 bits per heavy atom. The summed E-state index contributed by atoms with van der Waals surface area (Å²) in [6.07, 6.45) is 2.45. The minimum absolute atomic E-state index is 0.313. The van der Waals surface area contributed by atoms with E-state index >= 15 is 0 Å². The van der Waals surface area contributed by atoms with E-state index in [1.54, 1.807) is 12.3 Å². The van der Waals surface area contributed by atoms with E-state index in [1.807, 2.05) is 44.6 Å². The van der Waals surface area contributed by atoms with Crippen LogP contribution in [0.4, 0.5) is 26.6 Å². The molecular formula is C22H25FN6S2. The molecule has 0 aliphatic heterocycles. The smallest absolute Gasteiger partial charge is 0.192 e. The highest BCUT2D eigenvalue weighted by atomic mass is 32.2. The van der Waals surface area contributed by atoms with Crippen LogP contribution >= 0.6 is 23.3 Å². The first-order valence-corrected chi connectivity index (χ1v) is 11.6. The average molecular weight is 457 g/mol. The van der Waals surface area contributed by atoms with Gasteiger partial charge in [0, 0.05) is 37.4 Å². The van der Waals surface area contributed by atoms with Gasteiger partial charge in [0.1, 0.15) is 5.82 Å². The number of hydrogen-bond donors (Lipinski definition) is 3. The summed E-state index contributed by atoms with van der Waals surface area (Å²) in [4.78, 5) is 6.75. The van der Waals surface area contributed by atoms with Crippen molar-refractivity contribution in [2.24, 2.45) is 0 Å². The van der Waals surface area contributed by atoms with Crippen molar-refractivity contribution in [1.82, 2.24) is 10.3 Å². The van der Waals surface area contributed by atoms with Gasteiger partial charge in [0.2, 0.25) is 0 Å². The second-order valence-electron chi connectivity index (χ2n) is 6.83. The highest BCUT2D eigenvalue weighted by molar-refractivity contribution is 8.00. The van der Waals surface area contributed by atoms with Crippen LogP contribution in [0.2, 0.25) is 0 Å². The van der Waals surface area contributed by atoms with E-state index in [0.717, 1.165) is 41.6 Å². The van der Waals surface area contributed by atoms with Crippen LogP contribution in [0.5, 0.6) is 0 Å². The molecule has 31 heavy (non-hydrogen) atoms. The summed E-state index contributed by atoms with van der Waals surface area (Å²) in [6.45, 7) is 3.62. The molecule has 6 nitrogen and oxygen atoms in total. The number of aryl methyl sites for hydroxylation is 1. The average Bonchev–Trinajstić information content (AvgIpc) is 3.31. The van der Waals surface area contributed by atoms with E-state index in [0.29, 0.717) is 16.1 Å². The topological polar surface area (TPSA) is 76.0 Å². The highest BCUT2D eigenvalue weighted by Crippen LogP contribution is 2.34. The number of anilines is 4. The lowest BCUT2D eigenvalue weighted by atomic mass is 10.1. The number of benzene rings is 2. The van der Waals surface area contributed by atoms with E-state index < -0.39 is 0 Å². The molecule has 9 heteroatoms. The maximum Gasteiger partial charge on any atom is 0.192 e. The molecule has 2 aromatic carbocycles. The van der Waals surface area contributed by atoms with Crippen LogP contribution < -0.4 is 20.3 Å². The number of rotatable bonds is 10. The van der Waals surface area contributed by atoms with Crippen molar-refractivity contribution in [2.45, 2.75) is 18.2 Å². The van der Waals surface area contributed by atoms with Crippen LogP contribution in [-0.4, -0.2) is 32.2 Å². The van der Waals surface area contributed by atoms with Crippen molar-refractivity contribution in [3.8, 4) is 6.07 Å². The van der Waals surface area contributed by atoms with Crippen LogP contribution in [0, 0.1) is 17.1 Å². The first-order valence-electron chi connectivity index (χ1n) is 9.87. The number of thiazole rings is 1. The summed E-state index contributed by atoms with van der Waals surface area (Å²) in [6, 6.07) is 11.1. The molecule has 0 spiro atoms. The number of nitrogens with zero attached hydrogens (tertiary/aromatic N) is 3. The van der Waals surface area contributed by atoms with Gasteiger partial charge in [0.25, 0.3) is 0 Å². The first-order chi connectivity index (χ1) is 15.0. The number of likely N-dealkylation sites (N-methyl/N-ethyl adjacent to an activating group) is 2. The summed E-state index contributed by atoms with van der Waals surface area (Å²) in [5.41, 5.74) is 4.01. The molecule has 0 fully saturated rings. The van der Waals surface area contributed by atoms with Gasteiger partial charge in [0.15, 0.2) is 5.13 Å². The van der Waals surface area contributed by atoms with Crippen LogP contribution in [0.15, 0.2) is 46.8 Å². The van der Waals surface area contributed by atoms with Crippen molar-refractivity contribution in [1.29, 1.82) is 5.26 Å². The molecule has 0 amide bonds. The Labute approximate surface area is 190 Å². The summed E-state index contributed by atoms with van der Waals surface area (Å²) < 4.78 is 17.9. The zero-order valence-electron chi connectivity index (χ0n) is 17.7. The number of hydrogen-bond acceptors (Lipinski definition) is 8. The molecule has 162 valence electrons. The van der Waals surface area contributed by atoms with Crippen molar-refractivity contribution in [3.63, 3.8) is 0 Å². The summed E-state index contributed by atoms with van der Waals surface area (Å²) in [5, 5.41) is 18.4. The number of nitriles is 1. The van der Waals surface area contributed by atoms with Crippen LogP contribution in [-0.2, 0) is 6.42 Å². The molecule has 1 heterocycles. The van der Waals surface area contributed by atoms with Crippen molar-refractivity contribution < 1.29 is 4.39 Å². The van der Waals surface area contributed by atoms with E-state index in [9.17, 15) is 9.65 Å². The molecule has 0 saturated heterocycles. The Hall–Kier alpha value is -2.80. The molecule has 0 saturated carbocycles. The molecular weight excluding hydrogens is 431 g/mol. The number of halogens is 1. The Morgan fingerprint density at radius 1 is 1.26 bits per heavy atom. The van der Waals surface area contributed by atoms with Gasteiger partial charge in [-0.3, -0.25) is 0 Å². The predicted molar refractivity (Wildman–Crippen MR) is 129 cm³/mol. The molecule has 0 aliphatic rings. The molecule has 3 aromatic rings. The fourth-order valence-electron chi connectivity index (χ4n) is 3.02. The van der Waals surface area contributed by atoms with Crippen molar-refractivity contribution in [2.75, 3.05) is 42.1 Å². The van der Waals surface area contributed by atoms with E-state index in [1.165, 1.54) is 29.4 Å². The molecule has 0 atom stereocenters. The second-order valence-corrected chi connectivity index (χ2v) is 8.57. The van der Waals surface area contributed by atoms with Crippen LogP contribution in [0.3, 0.4) is 0 Å². The SMILES string of the molecule is CCc1cc(SNc2nccs2)c(F)cc1Nc1ccc(C#N)cc1N(C)CCNC. The quantitative estimate of drug-likeness (QED) is 0.360. The largest absolute Gasteiger partial charge is 0.372 e. The molecule has 1 aromatic heterocycles. The van der Waals surface area contributed by atoms with Gasteiger partial charge in [-0.05, 0) is 61.3 Å². The monoisotopic (exact) mass is 456 g/mol. The van der Waals surface area contributed by atoms with Gasteiger partial charge in [-0.1, -0.05) is 6.92 Å². The summed E-state index contributed by atoms with van der Waals surface area (Å²) in [5.74, 6) is -0.313. The molecule has 0 aliphatic carbocycles. The minimum atomic E-state index is -0.313. The Balaban J connectivity index is 1.87. The Kier molecular flexibility index (Phi) is 8.12. The fraction of sp³-hybridized carbons (Fsp3) is 0.273. The lowest BCUT2D eigenvalue weighted by molar-refractivity contribution is 0.602. The first kappa shape index (κ1) is 22.9. The van der Waals surface area contributed by atoms with Crippen LogP contribution in [0.1, 0.15) is 18.1 Å². The van der Waals surface area contributed by atoms with E-state index in [2.05, 4.69) is 31.3 Å². The fourth-order valence-corrected chi connectivity index (χ4v) is 4.32. The lowest BCUT2D eigenvalue weighted by Crippen LogP contribution is -2.27. The molecule has 3 rings (SSSR count). The highest BCUT2D eigenvalue weighted by Gasteiger charge is 2.14. The van der Waals surface area contributed by atoms with E-state index in [-0.39, 0.29) is 5.82 Å². The Bertz CT molecular complexity index is 1050. The third-order valence-corrected chi connectivity index (χ3v) is 6.37. The van der Waals surface area contributed by atoms with Crippen molar-refractivity contribution >= 4 is 45.5 Å². The number of nitrogens with one attached hydrogen (secondary N) is 3. The minimum Gasteiger partial charge on any atom is -0.372 e. The standard InChI is InChI=1S/C22H25FN6S2/c1-4-16-12-21(31-28-22-26-8-10-30-22)17(23)13-19(16)27-18-6-5-15(14-24)11-20(18)29(3)9-7-25-2/h5-6,8,10-13,25,27H,4,7,9H2,1-3H3,(H,26,28). The lowest BCUT2D eigenvalue weighted by Gasteiger charge is -2.24. The predicted octanol–water partition coefficient (Wildman–Crippen LogP) is 5.23. The summed E-state index contributed by atoms with van der Waals surface area (Å²) in [7, 11) is 3.88. The zero-order chi connectivity index (χ0) is 22.2. The maximum atomic E-state index is 14.9. The second kappa shape index (κ2) is 11.0. The third kappa shape index (κ3) is 5.88. The van der Waals surface area contributed by atoms with Gasteiger partial charge in [-0.2, -0.15) is 5.26 Å². The summed E-state index contributed by atoms with van der Waals surface area (Å²) >= 11 is 2.68. The van der Waals surface area contributed by atoms with Gasteiger partial charge < -0.3 is 20.3 Å². The third-order valence-electron chi connectivity index (χ3n) is 4.72. The molecule has 0 unspecified atom stereocenters. The van der Waals surface area contributed by atoms with Crippen molar-refractivity contribution in [3.05, 3.63) is 58.9 Å². The van der Waals surface area contributed by atoms with Gasteiger partial charge in [-0.25, -0.2) is 9.37 Å².